The number of pyridine rings is 2. The van der Waals surface area contributed by atoms with Gasteiger partial charge in [-0.2, -0.15) is 0 Å². The number of anilines is 2. The number of amides is 1. The highest BCUT2D eigenvalue weighted by molar-refractivity contribution is 6.00. The molecule has 11 nitrogen and oxygen atoms in total. The van der Waals surface area contributed by atoms with E-state index in [4.69, 9.17) is 18.9 Å². The van der Waals surface area contributed by atoms with Crippen molar-refractivity contribution in [3.05, 3.63) is 82.4 Å². The van der Waals surface area contributed by atoms with Gasteiger partial charge in [-0.15, -0.1) is 0 Å². The molecular weight excluding hydrogens is 622 g/mol. The average Bonchev–Trinajstić information content (AvgIpc) is 3.54. The van der Waals surface area contributed by atoms with Crippen LogP contribution in [0.5, 0.6) is 17.2 Å². The molecule has 11 heteroatoms. The van der Waals surface area contributed by atoms with E-state index < -0.39 is 11.1 Å². The molecule has 3 aliphatic rings. The van der Waals surface area contributed by atoms with Crippen LogP contribution in [0.4, 0.5) is 16.3 Å². The summed E-state index contributed by atoms with van der Waals surface area (Å²) in [6, 6.07) is 17.4. The van der Waals surface area contributed by atoms with Gasteiger partial charge in [-0.3, -0.25) is 4.79 Å². The smallest absolute Gasteiger partial charge is 0.410 e. The Morgan fingerprint density at radius 1 is 1.02 bits per heavy atom. The van der Waals surface area contributed by atoms with Gasteiger partial charge in [0.2, 0.25) is 0 Å². The van der Waals surface area contributed by atoms with Crippen LogP contribution in [-0.4, -0.2) is 72.6 Å². The molecule has 4 aromatic rings. The van der Waals surface area contributed by atoms with Crippen LogP contribution in [0, 0.1) is 12.3 Å². The predicted molar refractivity (Wildman–Crippen MR) is 191 cm³/mol. The van der Waals surface area contributed by atoms with Crippen molar-refractivity contribution in [1.29, 1.82) is 0 Å². The number of nitrogens with zero attached hydrogens (tertiary/aromatic N) is 4. The van der Waals surface area contributed by atoms with E-state index in [1.807, 2.05) is 75.2 Å². The first-order valence-electron chi connectivity index (χ1n) is 16.6. The van der Waals surface area contributed by atoms with Crippen LogP contribution in [0.1, 0.15) is 44.9 Å². The van der Waals surface area contributed by atoms with Gasteiger partial charge in [0.15, 0.2) is 0 Å². The van der Waals surface area contributed by atoms with Crippen molar-refractivity contribution >= 4 is 28.4 Å². The highest BCUT2D eigenvalue weighted by atomic mass is 16.6. The summed E-state index contributed by atoms with van der Waals surface area (Å²) in [5.41, 5.74) is 1.47. The zero-order valence-corrected chi connectivity index (χ0v) is 29.8. The summed E-state index contributed by atoms with van der Waals surface area (Å²) in [7, 11) is 7.10. The van der Waals surface area contributed by atoms with Crippen LogP contribution in [0.15, 0.2) is 65.6 Å². The van der Waals surface area contributed by atoms with Gasteiger partial charge >= 0.3 is 6.09 Å². The van der Waals surface area contributed by atoms with Crippen molar-refractivity contribution in [3.8, 4) is 17.2 Å². The number of carbonyl (C=O) groups is 1. The number of ether oxygens (including phenoxy) is 4. The number of hydrogen-bond acceptors (Lipinski definition) is 9. The molecule has 0 spiro atoms. The highest BCUT2D eigenvalue weighted by Gasteiger charge is 2.68. The maximum absolute atomic E-state index is 13.7. The maximum Gasteiger partial charge on any atom is 0.410 e. The molecule has 0 radical (unpaired) electrons. The second-order valence-corrected chi connectivity index (χ2v) is 14.6. The van der Waals surface area contributed by atoms with Crippen molar-refractivity contribution in [2.75, 3.05) is 51.2 Å². The Kier molecular flexibility index (Phi) is 8.89. The minimum Gasteiger partial charge on any atom is -0.497 e. The van der Waals surface area contributed by atoms with E-state index >= 15 is 0 Å². The van der Waals surface area contributed by atoms with E-state index in [9.17, 15) is 9.59 Å². The Balaban J connectivity index is 1.23. The molecule has 4 heterocycles. The molecule has 260 valence electrons. The quantitative estimate of drug-likeness (QED) is 0.201. The second kappa shape index (κ2) is 12.8. The maximum atomic E-state index is 13.7. The number of likely N-dealkylation sites (N-methyl/N-ethyl adjacent to an activating group) is 1. The van der Waals surface area contributed by atoms with Crippen molar-refractivity contribution in [1.82, 2.24) is 14.5 Å². The number of carbonyl (C=O) groups excluding carboxylic acids is 1. The third-order valence-electron chi connectivity index (χ3n) is 9.78. The zero-order valence-electron chi connectivity index (χ0n) is 29.8. The molecule has 0 unspecified atom stereocenters. The fraction of sp³-hybridized carbons (Fsp3) is 0.447. The summed E-state index contributed by atoms with van der Waals surface area (Å²) in [5.74, 6) is 2.80. The van der Waals surface area contributed by atoms with Crippen molar-refractivity contribution < 1.29 is 23.7 Å². The lowest BCUT2D eigenvalue weighted by Crippen LogP contribution is -2.58. The van der Waals surface area contributed by atoms with Crippen LogP contribution < -0.4 is 30.0 Å². The molecular formula is C38H47N5O6. The topological polar surface area (TPSA) is 107 Å². The summed E-state index contributed by atoms with van der Waals surface area (Å²) in [4.78, 5) is 34.9. The Hall–Kier alpha value is -4.93. The molecule has 49 heavy (non-hydrogen) atoms. The normalized spacial score (nSPS) is 19.7. The first-order valence-corrected chi connectivity index (χ1v) is 16.6. The third-order valence-corrected chi connectivity index (χ3v) is 9.78. The molecule has 2 aliphatic heterocycles. The number of methoxy groups -OCH3 is 2. The van der Waals surface area contributed by atoms with Crippen LogP contribution >= 0.6 is 0 Å². The number of nitrogens with one attached hydrogen (secondary N) is 1. The van der Waals surface area contributed by atoms with Gasteiger partial charge in [-0.05, 0) is 70.9 Å². The molecule has 7 rings (SSSR count). The molecule has 0 atom stereocenters. The third kappa shape index (κ3) is 6.71. The summed E-state index contributed by atoms with van der Waals surface area (Å²) in [6.07, 6.45) is 3.05. The number of aromatic nitrogens is 2. The Morgan fingerprint density at radius 2 is 1.80 bits per heavy atom. The lowest BCUT2D eigenvalue weighted by molar-refractivity contribution is -0.000711. The van der Waals surface area contributed by atoms with E-state index in [0.29, 0.717) is 32.0 Å². The number of hydrogen-bond donors (Lipinski definition) is 1. The van der Waals surface area contributed by atoms with Gasteiger partial charge < -0.3 is 38.6 Å². The van der Waals surface area contributed by atoms with E-state index in [2.05, 4.69) is 34.4 Å². The summed E-state index contributed by atoms with van der Waals surface area (Å²) in [6.45, 7) is 9.64. The van der Waals surface area contributed by atoms with Gasteiger partial charge in [0.05, 0.1) is 26.4 Å². The van der Waals surface area contributed by atoms with Gasteiger partial charge in [0, 0.05) is 85.2 Å². The first-order chi connectivity index (χ1) is 23.2. The van der Waals surface area contributed by atoms with Gasteiger partial charge in [0.25, 0.3) is 5.56 Å². The van der Waals surface area contributed by atoms with E-state index in [1.54, 1.807) is 25.8 Å². The Labute approximate surface area is 287 Å². The minimum absolute atomic E-state index is 0.108. The van der Waals surface area contributed by atoms with Crippen LogP contribution in [0.25, 0.3) is 10.8 Å². The first kappa shape index (κ1) is 34.0. The largest absolute Gasteiger partial charge is 0.497 e. The standard InChI is InChI=1S/C38H47N5O6/c1-25-16-28(18-33(44)42(25)6)48-24-37-20-38(21-37,43(22-37)35(45)49-36(2,3)4)23-41(5)31-11-9-10-30-29(31)14-15-39-34(30)40-19-26-12-13-27(46-7)17-32(26)47-8/h9-18H,19-24H2,1-8H3,(H,39,40). The highest BCUT2D eigenvalue weighted by Crippen LogP contribution is 2.60. The molecule has 1 saturated carbocycles. The molecule has 2 saturated heterocycles. The van der Waals surface area contributed by atoms with Crippen molar-refractivity contribution in [3.63, 3.8) is 0 Å². The van der Waals surface area contributed by atoms with Crippen LogP contribution in [-0.2, 0) is 18.3 Å². The van der Waals surface area contributed by atoms with Gasteiger partial charge in [0.1, 0.15) is 28.7 Å². The van der Waals surface area contributed by atoms with Gasteiger partial charge in [-0.25, -0.2) is 9.78 Å². The Morgan fingerprint density at radius 3 is 2.49 bits per heavy atom. The van der Waals surface area contributed by atoms with Crippen molar-refractivity contribution in [2.24, 2.45) is 12.5 Å². The number of rotatable bonds is 11. The monoisotopic (exact) mass is 669 g/mol. The number of benzene rings is 2. The fourth-order valence-electron chi connectivity index (χ4n) is 7.49. The number of aryl methyl sites for hydroxylation is 1. The summed E-state index contributed by atoms with van der Waals surface area (Å²) in [5, 5.41) is 5.55. The summed E-state index contributed by atoms with van der Waals surface area (Å²) < 4.78 is 24.7. The van der Waals surface area contributed by atoms with Crippen LogP contribution in [0.2, 0.25) is 0 Å². The molecule has 3 fully saturated rings. The molecule has 2 aromatic heterocycles. The average molecular weight is 670 g/mol. The fourth-order valence-corrected chi connectivity index (χ4v) is 7.49. The minimum atomic E-state index is -0.621. The lowest BCUT2D eigenvalue weighted by Gasteiger charge is -2.49. The number of fused-ring (bicyclic) bond motifs is 2. The summed E-state index contributed by atoms with van der Waals surface area (Å²) >= 11 is 0. The predicted octanol–water partition coefficient (Wildman–Crippen LogP) is 6.16. The SMILES string of the molecule is COc1ccc(CNc2nccc3c(N(C)CC45CC(COc6cc(C)n(C)c(=O)c6)(CN4C(=O)OC(C)(C)C)C5)cccc23)c(OC)c1. The van der Waals surface area contributed by atoms with E-state index in [0.717, 1.165) is 57.9 Å². The Bertz CT molecular complexity index is 1930. The second-order valence-electron chi connectivity index (χ2n) is 14.6. The molecule has 1 aliphatic carbocycles. The van der Waals surface area contributed by atoms with Crippen LogP contribution in [0.3, 0.4) is 0 Å². The lowest BCUT2D eigenvalue weighted by atomic mass is 9.62. The molecule has 1 amide bonds. The molecule has 2 aromatic carbocycles. The zero-order chi connectivity index (χ0) is 35.1. The molecule has 1 N–H and O–H groups in total. The van der Waals surface area contributed by atoms with E-state index in [1.165, 1.54) is 6.07 Å². The molecule has 2 bridgehead atoms. The van der Waals surface area contributed by atoms with Crippen molar-refractivity contribution in [2.45, 2.75) is 58.2 Å². The van der Waals surface area contributed by atoms with Gasteiger partial charge in [-0.1, -0.05) is 12.1 Å². The van der Waals surface area contributed by atoms with E-state index in [-0.39, 0.29) is 17.1 Å².